The molecule has 0 bridgehead atoms. The highest BCUT2D eigenvalue weighted by Crippen LogP contribution is 2.31. The van der Waals surface area contributed by atoms with Gasteiger partial charge >= 0.3 is 0 Å². The number of rotatable bonds is 14. The topological polar surface area (TPSA) is 86.8 Å². The summed E-state index contributed by atoms with van der Waals surface area (Å²) in [6.07, 6.45) is 3.27. The summed E-state index contributed by atoms with van der Waals surface area (Å²) in [4.78, 5) is 28.1. The molecule has 0 saturated carbocycles. The predicted octanol–water partition coefficient (Wildman–Crippen LogP) is 5.30. The Hall–Kier alpha value is -2.29. The average Bonchev–Trinajstić information content (AvgIpc) is 2.85. The molecule has 0 aromatic heterocycles. The molecule has 0 saturated heterocycles. The molecule has 0 heterocycles. The first-order valence-electron chi connectivity index (χ1n) is 12.5. The van der Waals surface area contributed by atoms with Gasteiger partial charge in [-0.1, -0.05) is 67.4 Å². The van der Waals surface area contributed by atoms with Gasteiger partial charge in [0.05, 0.1) is 17.0 Å². The van der Waals surface area contributed by atoms with Crippen molar-refractivity contribution in [3.8, 4) is 0 Å². The molecular weight excluding hydrogens is 533 g/mol. The number of hydrogen-bond donors (Lipinski definition) is 1. The number of benzene rings is 2. The molecule has 1 N–H and O–H groups in total. The first-order valence-corrected chi connectivity index (χ1v) is 15.1. The lowest BCUT2D eigenvalue weighted by Crippen LogP contribution is -2.51. The van der Waals surface area contributed by atoms with Gasteiger partial charge in [-0.05, 0) is 56.4 Å². The Balaban J connectivity index is 2.20. The van der Waals surface area contributed by atoms with Gasteiger partial charge in [-0.2, -0.15) is 0 Å². The maximum Gasteiger partial charge on any atom is 0.243 e. The van der Waals surface area contributed by atoms with Crippen molar-refractivity contribution >= 4 is 50.7 Å². The van der Waals surface area contributed by atoms with Crippen molar-refractivity contribution in [1.29, 1.82) is 0 Å². The molecule has 7 nitrogen and oxygen atoms in total. The van der Waals surface area contributed by atoms with Crippen LogP contribution in [0.4, 0.5) is 5.69 Å². The molecule has 0 aliphatic carbocycles. The van der Waals surface area contributed by atoms with Crippen molar-refractivity contribution in [2.45, 2.75) is 65.0 Å². The van der Waals surface area contributed by atoms with Crippen LogP contribution in [0.15, 0.2) is 48.5 Å². The summed E-state index contributed by atoms with van der Waals surface area (Å²) in [5.41, 5.74) is 1.33. The zero-order chi connectivity index (χ0) is 27.6. The lowest BCUT2D eigenvalue weighted by Gasteiger charge is -2.32. The van der Waals surface area contributed by atoms with Crippen LogP contribution in [0.2, 0.25) is 10.0 Å². The van der Waals surface area contributed by atoms with E-state index in [-0.39, 0.29) is 48.0 Å². The third-order valence-corrected chi connectivity index (χ3v) is 7.93. The van der Waals surface area contributed by atoms with Gasteiger partial charge in [-0.15, -0.1) is 0 Å². The van der Waals surface area contributed by atoms with E-state index >= 15 is 0 Å². The Kier molecular flexibility index (Phi) is 12.2. The summed E-state index contributed by atoms with van der Waals surface area (Å²) in [6, 6.07) is 13.8. The van der Waals surface area contributed by atoms with Crippen LogP contribution < -0.4 is 9.62 Å². The minimum atomic E-state index is -3.67. The zero-order valence-corrected chi connectivity index (χ0v) is 24.2. The van der Waals surface area contributed by atoms with E-state index in [1.54, 1.807) is 11.0 Å². The lowest BCUT2D eigenvalue weighted by molar-refractivity contribution is -0.141. The van der Waals surface area contributed by atoms with Gasteiger partial charge in [0.1, 0.15) is 6.04 Å². The van der Waals surface area contributed by atoms with Crippen LogP contribution in [0.25, 0.3) is 0 Å². The molecule has 2 aromatic rings. The molecule has 0 unspecified atom stereocenters. The predicted molar refractivity (Wildman–Crippen MR) is 152 cm³/mol. The molecule has 0 aliphatic rings. The quantitative estimate of drug-likeness (QED) is 0.334. The monoisotopic (exact) mass is 569 g/mol. The largest absolute Gasteiger partial charge is 0.352 e. The minimum absolute atomic E-state index is 0.00149. The summed E-state index contributed by atoms with van der Waals surface area (Å²) in [6.45, 7) is 6.24. The Morgan fingerprint density at radius 1 is 1.00 bits per heavy atom. The maximum atomic E-state index is 13.4. The molecule has 0 aliphatic heterocycles. The van der Waals surface area contributed by atoms with E-state index in [0.717, 1.165) is 22.5 Å². The minimum Gasteiger partial charge on any atom is -0.352 e. The highest BCUT2D eigenvalue weighted by atomic mass is 35.5. The molecule has 2 rings (SSSR count). The molecule has 0 radical (unpaired) electrons. The number of sulfonamides is 1. The number of amides is 2. The van der Waals surface area contributed by atoms with Gasteiger partial charge in [0.2, 0.25) is 21.8 Å². The summed E-state index contributed by atoms with van der Waals surface area (Å²) in [7, 11) is -3.67. The van der Waals surface area contributed by atoms with Gasteiger partial charge in [0, 0.05) is 30.6 Å². The number of anilines is 1. The Labute approximate surface area is 231 Å². The van der Waals surface area contributed by atoms with E-state index in [4.69, 9.17) is 23.2 Å². The second kappa shape index (κ2) is 14.6. The Bertz CT molecular complexity index is 1150. The standard InChI is InChI=1S/C27H37Cl2N3O4S/c1-5-20(3)30-27(34)24(6-2)31(18-16-21-11-8-7-9-12-21)26(33)13-10-17-32(37(4,35)36)25-19-22(28)14-15-23(25)29/h7-9,11-12,14-15,19-20,24H,5-6,10,13,16-18H2,1-4H3,(H,30,34)/t20-,24-/m1/s1. The number of nitrogens with zero attached hydrogens (tertiary/aromatic N) is 2. The van der Waals surface area contributed by atoms with Crippen LogP contribution in [0.1, 0.15) is 52.0 Å². The van der Waals surface area contributed by atoms with Gasteiger partial charge in [-0.3, -0.25) is 13.9 Å². The first-order chi connectivity index (χ1) is 17.5. The SMILES string of the molecule is CC[C@@H](C)NC(=O)[C@@H](CC)N(CCc1ccccc1)C(=O)CCCN(c1cc(Cl)ccc1Cl)S(C)(=O)=O. The van der Waals surface area contributed by atoms with Crippen LogP contribution in [0, 0.1) is 0 Å². The summed E-state index contributed by atoms with van der Waals surface area (Å²) in [5, 5.41) is 3.60. The van der Waals surface area contributed by atoms with Crippen LogP contribution in [0.3, 0.4) is 0 Å². The van der Waals surface area contributed by atoms with Gasteiger partial charge in [0.25, 0.3) is 0 Å². The van der Waals surface area contributed by atoms with E-state index in [2.05, 4.69) is 5.32 Å². The fourth-order valence-corrected chi connectivity index (χ4v) is 5.40. The third kappa shape index (κ3) is 9.51. The molecule has 204 valence electrons. The summed E-state index contributed by atoms with van der Waals surface area (Å²) < 4.78 is 26.2. The fourth-order valence-electron chi connectivity index (χ4n) is 4.00. The smallest absolute Gasteiger partial charge is 0.243 e. The Morgan fingerprint density at radius 3 is 2.27 bits per heavy atom. The van der Waals surface area contributed by atoms with Crippen LogP contribution in [-0.4, -0.2) is 56.6 Å². The molecule has 37 heavy (non-hydrogen) atoms. The van der Waals surface area contributed by atoms with Crippen molar-refractivity contribution in [3.63, 3.8) is 0 Å². The normalized spacial score (nSPS) is 13.0. The molecule has 2 atom stereocenters. The lowest BCUT2D eigenvalue weighted by atomic mass is 10.1. The third-order valence-electron chi connectivity index (χ3n) is 6.20. The zero-order valence-electron chi connectivity index (χ0n) is 21.9. The van der Waals surface area contributed by atoms with E-state index in [0.29, 0.717) is 24.4 Å². The number of halogens is 2. The van der Waals surface area contributed by atoms with E-state index in [1.165, 1.54) is 12.1 Å². The molecule has 10 heteroatoms. The van der Waals surface area contributed by atoms with E-state index in [9.17, 15) is 18.0 Å². The van der Waals surface area contributed by atoms with Crippen molar-refractivity contribution in [2.24, 2.45) is 0 Å². The summed E-state index contributed by atoms with van der Waals surface area (Å²) in [5.74, 6) is -0.380. The van der Waals surface area contributed by atoms with E-state index < -0.39 is 16.1 Å². The van der Waals surface area contributed by atoms with Gasteiger partial charge < -0.3 is 10.2 Å². The number of carbonyl (C=O) groups excluding carboxylic acids is 2. The second-order valence-electron chi connectivity index (χ2n) is 9.10. The molecular formula is C27H37Cl2N3O4S. The number of nitrogens with one attached hydrogen (secondary N) is 1. The van der Waals surface area contributed by atoms with Crippen molar-refractivity contribution in [1.82, 2.24) is 10.2 Å². The van der Waals surface area contributed by atoms with Gasteiger partial charge in [-0.25, -0.2) is 8.42 Å². The average molecular weight is 571 g/mol. The van der Waals surface area contributed by atoms with Crippen LogP contribution >= 0.6 is 23.2 Å². The number of hydrogen-bond acceptors (Lipinski definition) is 4. The van der Waals surface area contributed by atoms with Crippen molar-refractivity contribution in [3.05, 3.63) is 64.1 Å². The maximum absolute atomic E-state index is 13.4. The van der Waals surface area contributed by atoms with Crippen LogP contribution in [-0.2, 0) is 26.0 Å². The van der Waals surface area contributed by atoms with Crippen molar-refractivity contribution in [2.75, 3.05) is 23.7 Å². The van der Waals surface area contributed by atoms with E-state index in [1.807, 2.05) is 51.1 Å². The molecule has 2 aromatic carbocycles. The second-order valence-corrected chi connectivity index (χ2v) is 11.8. The molecule has 0 fully saturated rings. The Morgan fingerprint density at radius 2 is 1.68 bits per heavy atom. The van der Waals surface area contributed by atoms with Gasteiger partial charge in [0.15, 0.2) is 0 Å². The van der Waals surface area contributed by atoms with Crippen molar-refractivity contribution < 1.29 is 18.0 Å². The highest BCUT2D eigenvalue weighted by Gasteiger charge is 2.29. The summed E-state index contributed by atoms with van der Waals surface area (Å²) >= 11 is 12.3. The molecule has 2 amide bonds. The fraction of sp³-hybridized carbons (Fsp3) is 0.481. The first kappa shape index (κ1) is 30.9. The molecule has 0 spiro atoms. The highest BCUT2D eigenvalue weighted by molar-refractivity contribution is 7.92. The number of carbonyl (C=O) groups is 2. The van der Waals surface area contributed by atoms with Crippen LogP contribution in [0.5, 0.6) is 0 Å².